The molecule has 1 aromatic carbocycles. The first kappa shape index (κ1) is 13.0. The molecule has 2 N–H and O–H groups in total. The van der Waals surface area contributed by atoms with Crippen molar-refractivity contribution in [1.82, 2.24) is 0 Å². The highest BCUT2D eigenvalue weighted by Gasteiger charge is 2.01. The second-order valence-corrected chi connectivity index (χ2v) is 4.10. The molecule has 0 heterocycles. The first-order chi connectivity index (χ1) is 7.74. The first-order valence-electron chi connectivity index (χ1n) is 4.89. The van der Waals surface area contributed by atoms with E-state index < -0.39 is 0 Å². The number of methoxy groups -OCH3 is 1. The lowest BCUT2D eigenvalue weighted by Gasteiger charge is -2.02. The van der Waals surface area contributed by atoms with Crippen molar-refractivity contribution in [2.75, 3.05) is 26.0 Å². The van der Waals surface area contributed by atoms with Crippen LogP contribution < -0.4 is 5.73 Å². The summed E-state index contributed by atoms with van der Waals surface area (Å²) in [7, 11) is 1.61. The van der Waals surface area contributed by atoms with Crippen LogP contribution in [-0.2, 0) is 4.74 Å². The fourth-order valence-electron chi connectivity index (χ4n) is 1.04. The van der Waals surface area contributed by atoms with Gasteiger partial charge >= 0.3 is 0 Å². The van der Waals surface area contributed by atoms with Gasteiger partial charge in [-0.1, -0.05) is 12.1 Å². The summed E-state index contributed by atoms with van der Waals surface area (Å²) in [4.78, 5) is 4.67. The van der Waals surface area contributed by atoms with E-state index in [0.717, 1.165) is 0 Å². The van der Waals surface area contributed by atoms with Gasteiger partial charge in [0, 0.05) is 12.0 Å². The van der Waals surface area contributed by atoms with E-state index in [1.165, 1.54) is 17.8 Å². The van der Waals surface area contributed by atoms with Crippen LogP contribution in [0.15, 0.2) is 34.2 Å². The molecule has 0 saturated heterocycles. The van der Waals surface area contributed by atoms with Crippen molar-refractivity contribution in [2.45, 2.75) is 4.90 Å². The number of aliphatic imine (C=N–C) groups is 1. The van der Waals surface area contributed by atoms with E-state index in [1.54, 1.807) is 25.3 Å². The Balaban J connectivity index is 2.40. The Kier molecular flexibility index (Phi) is 5.88. The molecule has 0 fully saturated rings. The monoisotopic (exact) mass is 242 g/mol. The van der Waals surface area contributed by atoms with E-state index in [0.29, 0.717) is 29.6 Å². The third-order valence-electron chi connectivity index (χ3n) is 1.82. The SMILES string of the molecule is COCCN=C(N)CSc1ccccc1F. The van der Waals surface area contributed by atoms with Gasteiger partial charge in [-0.15, -0.1) is 11.8 Å². The van der Waals surface area contributed by atoms with Crippen molar-refractivity contribution in [1.29, 1.82) is 0 Å². The number of nitrogens with zero attached hydrogens (tertiary/aromatic N) is 1. The molecule has 3 nitrogen and oxygen atoms in total. The number of amidine groups is 1. The molecule has 0 saturated carbocycles. The van der Waals surface area contributed by atoms with Gasteiger partial charge < -0.3 is 10.5 Å². The summed E-state index contributed by atoms with van der Waals surface area (Å²) in [6, 6.07) is 6.61. The van der Waals surface area contributed by atoms with Crippen molar-refractivity contribution >= 4 is 17.6 Å². The van der Waals surface area contributed by atoms with Crippen LogP contribution in [0.1, 0.15) is 0 Å². The van der Waals surface area contributed by atoms with Crippen LogP contribution >= 0.6 is 11.8 Å². The molecule has 0 aliphatic carbocycles. The Bertz CT molecular complexity index is 358. The van der Waals surface area contributed by atoms with E-state index in [-0.39, 0.29) is 5.82 Å². The van der Waals surface area contributed by atoms with Crippen LogP contribution in [0.2, 0.25) is 0 Å². The van der Waals surface area contributed by atoms with E-state index in [1.807, 2.05) is 0 Å². The lowest BCUT2D eigenvalue weighted by Crippen LogP contribution is -2.16. The number of ether oxygens (including phenoxy) is 1. The quantitative estimate of drug-likeness (QED) is 0.359. The van der Waals surface area contributed by atoms with Gasteiger partial charge in [0.05, 0.1) is 18.9 Å². The minimum Gasteiger partial charge on any atom is -0.387 e. The van der Waals surface area contributed by atoms with Gasteiger partial charge in [-0.25, -0.2) is 4.39 Å². The highest BCUT2D eigenvalue weighted by Crippen LogP contribution is 2.20. The molecule has 0 spiro atoms. The summed E-state index contributed by atoms with van der Waals surface area (Å²) in [5.41, 5.74) is 5.66. The Labute approximate surface area is 98.9 Å². The fourth-order valence-corrected chi connectivity index (χ4v) is 1.82. The van der Waals surface area contributed by atoms with E-state index in [2.05, 4.69) is 4.99 Å². The molecule has 0 bridgehead atoms. The van der Waals surface area contributed by atoms with Crippen molar-refractivity contribution < 1.29 is 9.13 Å². The zero-order valence-corrected chi connectivity index (χ0v) is 9.97. The maximum atomic E-state index is 13.2. The highest BCUT2D eigenvalue weighted by atomic mass is 32.2. The van der Waals surface area contributed by atoms with Gasteiger partial charge in [-0.3, -0.25) is 4.99 Å². The maximum Gasteiger partial charge on any atom is 0.136 e. The minimum absolute atomic E-state index is 0.225. The molecule has 5 heteroatoms. The standard InChI is InChI=1S/C11H15FN2OS/c1-15-7-6-14-11(13)8-16-10-5-3-2-4-9(10)12/h2-5H,6-8H2,1H3,(H2,13,14). The van der Waals surface area contributed by atoms with Crippen molar-refractivity contribution in [2.24, 2.45) is 10.7 Å². The molecule has 0 radical (unpaired) electrons. The number of thioether (sulfide) groups is 1. The summed E-state index contributed by atoms with van der Waals surface area (Å²) in [5, 5.41) is 0. The summed E-state index contributed by atoms with van der Waals surface area (Å²) in [6.07, 6.45) is 0. The van der Waals surface area contributed by atoms with Gasteiger partial charge in [0.2, 0.25) is 0 Å². The third kappa shape index (κ3) is 4.63. The molecule has 0 aliphatic rings. The van der Waals surface area contributed by atoms with E-state index in [9.17, 15) is 4.39 Å². The molecule has 0 atom stereocenters. The van der Waals surface area contributed by atoms with Gasteiger partial charge in [0.15, 0.2) is 0 Å². The second kappa shape index (κ2) is 7.24. The second-order valence-electron chi connectivity index (χ2n) is 3.08. The minimum atomic E-state index is -0.225. The summed E-state index contributed by atoms with van der Waals surface area (Å²) >= 11 is 1.34. The lowest BCUT2D eigenvalue weighted by molar-refractivity contribution is 0.208. The van der Waals surface area contributed by atoms with Crippen LogP contribution in [0.3, 0.4) is 0 Å². The Morgan fingerprint density at radius 3 is 2.94 bits per heavy atom. The predicted molar refractivity (Wildman–Crippen MR) is 65.5 cm³/mol. The molecule has 0 amide bonds. The summed E-state index contributed by atoms with van der Waals surface area (Å²) in [5.74, 6) is 0.771. The Morgan fingerprint density at radius 2 is 2.25 bits per heavy atom. The van der Waals surface area contributed by atoms with Crippen LogP contribution in [0.4, 0.5) is 4.39 Å². The smallest absolute Gasteiger partial charge is 0.136 e. The molecule has 0 aromatic heterocycles. The topological polar surface area (TPSA) is 47.6 Å². The molecular formula is C11H15FN2OS. The molecule has 0 aliphatic heterocycles. The fraction of sp³-hybridized carbons (Fsp3) is 0.364. The van der Waals surface area contributed by atoms with Gasteiger partial charge in [-0.05, 0) is 12.1 Å². The number of nitrogens with two attached hydrogens (primary N) is 1. The number of halogens is 1. The van der Waals surface area contributed by atoms with Crippen LogP contribution in [0.25, 0.3) is 0 Å². The normalized spacial score (nSPS) is 11.8. The summed E-state index contributed by atoms with van der Waals surface area (Å²) < 4.78 is 18.1. The molecule has 1 rings (SSSR count). The van der Waals surface area contributed by atoms with Crippen molar-refractivity contribution in [3.63, 3.8) is 0 Å². The largest absolute Gasteiger partial charge is 0.387 e. The van der Waals surface area contributed by atoms with Crippen LogP contribution in [-0.4, -0.2) is 31.8 Å². The Hall–Kier alpha value is -1.07. The lowest BCUT2D eigenvalue weighted by atomic mass is 10.3. The first-order valence-corrected chi connectivity index (χ1v) is 5.87. The average Bonchev–Trinajstić information content (AvgIpc) is 2.28. The van der Waals surface area contributed by atoms with Crippen molar-refractivity contribution in [3.05, 3.63) is 30.1 Å². The highest BCUT2D eigenvalue weighted by molar-refractivity contribution is 8.00. The van der Waals surface area contributed by atoms with Gasteiger partial charge in [-0.2, -0.15) is 0 Å². The van der Waals surface area contributed by atoms with Gasteiger partial charge in [0.25, 0.3) is 0 Å². The predicted octanol–water partition coefficient (Wildman–Crippen LogP) is 1.92. The molecular weight excluding hydrogens is 227 g/mol. The van der Waals surface area contributed by atoms with Crippen molar-refractivity contribution in [3.8, 4) is 0 Å². The van der Waals surface area contributed by atoms with Gasteiger partial charge in [0.1, 0.15) is 11.7 Å². The van der Waals surface area contributed by atoms with Crippen LogP contribution in [0.5, 0.6) is 0 Å². The van der Waals surface area contributed by atoms with Crippen LogP contribution in [0, 0.1) is 5.82 Å². The molecule has 16 heavy (non-hydrogen) atoms. The number of hydrogen-bond acceptors (Lipinski definition) is 3. The van der Waals surface area contributed by atoms with E-state index in [4.69, 9.17) is 10.5 Å². The third-order valence-corrected chi connectivity index (χ3v) is 2.90. The number of benzene rings is 1. The molecule has 1 aromatic rings. The molecule has 88 valence electrons. The number of rotatable bonds is 6. The zero-order valence-electron chi connectivity index (χ0n) is 9.15. The van der Waals surface area contributed by atoms with E-state index >= 15 is 0 Å². The number of hydrogen-bond donors (Lipinski definition) is 1. The molecule has 0 unspecified atom stereocenters. The zero-order chi connectivity index (χ0) is 11.8. The Morgan fingerprint density at radius 1 is 1.50 bits per heavy atom. The maximum absolute atomic E-state index is 13.2. The summed E-state index contributed by atoms with van der Waals surface area (Å²) in [6.45, 7) is 1.09. The average molecular weight is 242 g/mol.